The van der Waals surface area contributed by atoms with Crippen LogP contribution in [0.3, 0.4) is 0 Å². The lowest BCUT2D eigenvalue weighted by atomic mass is 9.30. The minimum absolute atomic E-state index is 0.0447. The van der Waals surface area contributed by atoms with E-state index in [1.54, 1.807) is 0 Å². The van der Waals surface area contributed by atoms with Crippen LogP contribution in [-0.2, 0) is 4.74 Å². The summed E-state index contributed by atoms with van der Waals surface area (Å²) in [5, 5.41) is 12.8. The predicted molar refractivity (Wildman–Crippen MR) is 126 cm³/mol. The predicted octanol–water partition coefficient (Wildman–Crippen LogP) is 6.99. The molecular formula is C29H48O2. The lowest BCUT2D eigenvalue weighted by molar-refractivity contribution is -0.312. The van der Waals surface area contributed by atoms with Crippen LogP contribution >= 0.6 is 0 Å². The lowest BCUT2D eigenvalue weighted by Crippen LogP contribution is -2.73. The number of aliphatic hydroxyl groups is 1. The van der Waals surface area contributed by atoms with Gasteiger partial charge in [0.05, 0.1) is 18.3 Å². The van der Waals surface area contributed by atoms with Crippen molar-refractivity contribution in [1.82, 2.24) is 0 Å². The van der Waals surface area contributed by atoms with Crippen LogP contribution in [0.5, 0.6) is 0 Å². The standard InChI is InChI=1S/C29H48O2/c1-24(2)12-7-13-25(3)22(24)10-15-27(5)23(25)11-17-29(30)26(4)14-8-19(21-18-31-21)20(26)9-16-28(27,29)6/h19-23,30H,7-18H2,1-6H3/t19-,20-,21?,22-,23+,25-,26-,27+,28-,29-/m0/s1. The van der Waals surface area contributed by atoms with Crippen LogP contribution < -0.4 is 0 Å². The average Bonchev–Trinajstić information content (AvgIpc) is 3.46. The first-order valence-corrected chi connectivity index (χ1v) is 13.8. The van der Waals surface area contributed by atoms with Crippen LogP contribution in [0.2, 0.25) is 0 Å². The maximum atomic E-state index is 12.8. The van der Waals surface area contributed by atoms with Crippen molar-refractivity contribution in [3.63, 3.8) is 0 Å². The van der Waals surface area contributed by atoms with Crippen molar-refractivity contribution in [2.24, 2.45) is 50.7 Å². The highest BCUT2D eigenvalue weighted by Gasteiger charge is 2.76. The molecule has 1 N–H and O–H groups in total. The van der Waals surface area contributed by atoms with Crippen LogP contribution in [-0.4, -0.2) is 23.4 Å². The SMILES string of the molecule is CC1(C)CCC[C@]2(C)[C@H]3CC[C@@]4(O)[C@@](C)(CC[C@H]5[C@@H](C6CO6)CC[C@@]54C)[C@]3(C)CC[C@@H]12. The van der Waals surface area contributed by atoms with Crippen molar-refractivity contribution in [2.75, 3.05) is 6.61 Å². The number of hydrogen-bond acceptors (Lipinski definition) is 2. The van der Waals surface area contributed by atoms with E-state index in [9.17, 15) is 5.11 Å². The van der Waals surface area contributed by atoms with E-state index in [4.69, 9.17) is 4.74 Å². The summed E-state index contributed by atoms with van der Waals surface area (Å²) in [4.78, 5) is 0. The van der Waals surface area contributed by atoms with E-state index in [0.717, 1.165) is 24.9 Å². The fraction of sp³-hybridized carbons (Fsp3) is 1.00. The van der Waals surface area contributed by atoms with Crippen LogP contribution in [0.25, 0.3) is 0 Å². The van der Waals surface area contributed by atoms with E-state index >= 15 is 0 Å². The average molecular weight is 429 g/mol. The van der Waals surface area contributed by atoms with Gasteiger partial charge in [0.1, 0.15) is 0 Å². The lowest BCUT2D eigenvalue weighted by Gasteiger charge is -2.75. The van der Waals surface area contributed by atoms with Crippen molar-refractivity contribution >= 4 is 0 Å². The molecule has 1 heterocycles. The van der Waals surface area contributed by atoms with Crippen LogP contribution in [0.4, 0.5) is 0 Å². The number of ether oxygens (including phenoxy) is 1. The molecule has 6 aliphatic rings. The molecule has 5 saturated carbocycles. The Hall–Kier alpha value is -0.0800. The molecule has 0 aromatic heterocycles. The van der Waals surface area contributed by atoms with E-state index in [0.29, 0.717) is 28.8 Å². The molecule has 1 unspecified atom stereocenters. The Bertz CT molecular complexity index is 771. The van der Waals surface area contributed by atoms with Gasteiger partial charge >= 0.3 is 0 Å². The zero-order valence-electron chi connectivity index (χ0n) is 21.2. The summed E-state index contributed by atoms with van der Waals surface area (Å²) in [6.07, 6.45) is 14.7. The van der Waals surface area contributed by atoms with E-state index in [2.05, 4.69) is 41.5 Å². The Morgan fingerprint density at radius 2 is 1.39 bits per heavy atom. The van der Waals surface area contributed by atoms with Crippen LogP contribution in [0.15, 0.2) is 0 Å². The largest absolute Gasteiger partial charge is 0.389 e. The van der Waals surface area contributed by atoms with Gasteiger partial charge in [0, 0.05) is 10.8 Å². The van der Waals surface area contributed by atoms with Crippen molar-refractivity contribution in [3.05, 3.63) is 0 Å². The molecule has 0 aromatic carbocycles. The maximum absolute atomic E-state index is 12.8. The van der Waals surface area contributed by atoms with Crippen LogP contribution in [0.1, 0.15) is 112 Å². The maximum Gasteiger partial charge on any atom is 0.0840 e. The van der Waals surface area contributed by atoms with Crippen molar-refractivity contribution in [1.29, 1.82) is 0 Å². The van der Waals surface area contributed by atoms with E-state index in [1.165, 1.54) is 64.2 Å². The molecule has 6 rings (SSSR count). The molecule has 176 valence electrons. The number of rotatable bonds is 1. The molecule has 5 aliphatic carbocycles. The second-order valence-corrected chi connectivity index (χ2v) is 14.8. The van der Waals surface area contributed by atoms with Gasteiger partial charge in [-0.2, -0.15) is 0 Å². The topological polar surface area (TPSA) is 32.8 Å². The molecule has 2 heteroatoms. The first-order valence-electron chi connectivity index (χ1n) is 13.8. The first kappa shape index (κ1) is 21.5. The minimum atomic E-state index is -0.509. The van der Waals surface area contributed by atoms with Gasteiger partial charge in [-0.1, -0.05) is 48.0 Å². The fourth-order valence-corrected chi connectivity index (χ4v) is 12.0. The quantitative estimate of drug-likeness (QED) is 0.456. The molecule has 0 radical (unpaired) electrons. The summed E-state index contributed by atoms with van der Waals surface area (Å²) in [7, 11) is 0. The van der Waals surface area contributed by atoms with Crippen molar-refractivity contribution in [2.45, 2.75) is 124 Å². The molecular weight excluding hydrogens is 380 g/mol. The summed E-state index contributed by atoms with van der Waals surface area (Å²) in [6.45, 7) is 16.5. The number of epoxide rings is 1. The summed E-state index contributed by atoms with van der Waals surface area (Å²) >= 11 is 0. The van der Waals surface area contributed by atoms with Gasteiger partial charge in [0.15, 0.2) is 0 Å². The minimum Gasteiger partial charge on any atom is -0.389 e. The van der Waals surface area contributed by atoms with Gasteiger partial charge in [-0.3, -0.25) is 0 Å². The Kier molecular flexibility index (Phi) is 4.24. The third-order valence-electron chi connectivity index (χ3n) is 13.8. The summed E-state index contributed by atoms with van der Waals surface area (Å²) in [5.74, 6) is 3.00. The Labute approximate surface area is 191 Å². The molecule has 0 bridgehead atoms. The van der Waals surface area contributed by atoms with Crippen LogP contribution in [0, 0.1) is 50.7 Å². The third kappa shape index (κ3) is 2.34. The van der Waals surface area contributed by atoms with E-state index in [-0.39, 0.29) is 16.2 Å². The summed E-state index contributed by atoms with van der Waals surface area (Å²) in [5.41, 5.74) is 0.815. The normalized spacial score (nSPS) is 62.2. The molecule has 1 aliphatic heterocycles. The molecule has 31 heavy (non-hydrogen) atoms. The van der Waals surface area contributed by atoms with Gasteiger partial charge in [0.25, 0.3) is 0 Å². The molecule has 0 amide bonds. The summed E-state index contributed by atoms with van der Waals surface area (Å²) < 4.78 is 5.80. The Morgan fingerprint density at radius 1 is 0.710 bits per heavy atom. The Balaban J connectivity index is 1.41. The molecule has 6 fully saturated rings. The van der Waals surface area contributed by atoms with Gasteiger partial charge in [-0.15, -0.1) is 0 Å². The third-order valence-corrected chi connectivity index (χ3v) is 13.8. The van der Waals surface area contributed by atoms with E-state index < -0.39 is 5.60 Å². The highest BCUT2D eigenvalue weighted by molar-refractivity contribution is 5.25. The molecule has 0 spiro atoms. The highest BCUT2D eigenvalue weighted by Crippen LogP contribution is 2.79. The molecule has 1 saturated heterocycles. The van der Waals surface area contributed by atoms with Gasteiger partial charge in [-0.25, -0.2) is 0 Å². The van der Waals surface area contributed by atoms with Crippen molar-refractivity contribution in [3.8, 4) is 0 Å². The molecule has 2 nitrogen and oxygen atoms in total. The number of hydrogen-bond donors (Lipinski definition) is 1. The smallest absolute Gasteiger partial charge is 0.0840 e. The monoisotopic (exact) mass is 428 g/mol. The highest BCUT2D eigenvalue weighted by atomic mass is 16.6. The second-order valence-electron chi connectivity index (χ2n) is 14.8. The molecule has 0 aromatic rings. The number of fused-ring (bicyclic) bond motifs is 7. The summed E-state index contributed by atoms with van der Waals surface area (Å²) in [6, 6.07) is 0. The van der Waals surface area contributed by atoms with Gasteiger partial charge in [0.2, 0.25) is 0 Å². The second kappa shape index (κ2) is 6.12. The Morgan fingerprint density at radius 3 is 2.10 bits per heavy atom. The van der Waals surface area contributed by atoms with E-state index in [1.807, 2.05) is 0 Å². The zero-order chi connectivity index (χ0) is 22.1. The van der Waals surface area contributed by atoms with Gasteiger partial charge in [-0.05, 0) is 104 Å². The first-order chi connectivity index (χ1) is 14.4. The fourth-order valence-electron chi connectivity index (χ4n) is 12.0. The molecule has 10 atom stereocenters. The van der Waals surface area contributed by atoms with Crippen molar-refractivity contribution < 1.29 is 9.84 Å². The van der Waals surface area contributed by atoms with Gasteiger partial charge < -0.3 is 9.84 Å². The zero-order valence-corrected chi connectivity index (χ0v) is 21.2.